The Bertz CT molecular complexity index is 1390. The van der Waals surface area contributed by atoms with Gasteiger partial charge in [0.15, 0.2) is 37.3 Å². The van der Waals surface area contributed by atoms with Gasteiger partial charge >= 0.3 is 5.97 Å². The maximum absolute atomic E-state index is 14.0. The summed E-state index contributed by atoms with van der Waals surface area (Å²) in [6, 6.07) is 4.22. The molecule has 1 aromatic carbocycles. The Balaban J connectivity index is 2.34. The van der Waals surface area contributed by atoms with E-state index in [9.17, 15) is 14.9 Å². The second kappa shape index (κ2) is 15.8. The van der Waals surface area contributed by atoms with Crippen LogP contribution in [0.5, 0.6) is 5.75 Å². The SMILES string of the molecule is C=CCOC(=O)[C@@H]1O[C@@H](Oc2ccc([N+](=O)[O-])cc2C2OCCO2)[C@H](O[Si](C)(C)C(C)(C)C)[C@@H](O[Si](C)(C)C(C)(C)C)[C@H]1O[Si](C)(C)C(C)(C)C. The summed E-state index contributed by atoms with van der Waals surface area (Å²) in [6.45, 7) is 36.4. The number of nitrogens with zero attached hydrogens (tertiary/aromatic N) is 1. The molecule has 2 heterocycles. The van der Waals surface area contributed by atoms with Crippen molar-refractivity contribution in [3.8, 4) is 5.75 Å². The van der Waals surface area contributed by atoms with Gasteiger partial charge in [0.25, 0.3) is 5.69 Å². The number of hydrogen-bond donors (Lipinski definition) is 0. The molecule has 0 unspecified atom stereocenters. The van der Waals surface area contributed by atoms with Crippen molar-refractivity contribution in [3.63, 3.8) is 0 Å². The van der Waals surface area contributed by atoms with E-state index in [-0.39, 0.29) is 33.2 Å². The van der Waals surface area contributed by atoms with Crippen LogP contribution in [0.4, 0.5) is 5.69 Å². The monoisotopic (exact) mass is 769 g/mol. The molecule has 0 spiro atoms. The first-order valence-corrected chi connectivity index (χ1v) is 26.5. The lowest BCUT2D eigenvalue weighted by atomic mass is 9.99. The second-order valence-electron chi connectivity index (χ2n) is 18.0. The topological polar surface area (TPSA) is 134 Å². The van der Waals surface area contributed by atoms with E-state index < -0.39 is 72.8 Å². The normalized spacial score (nSPS) is 24.3. The fourth-order valence-corrected chi connectivity index (χ4v) is 8.73. The van der Waals surface area contributed by atoms with Gasteiger partial charge in [-0.1, -0.05) is 75.0 Å². The Hall–Kier alpha value is -1.96. The number of esters is 1. The molecular formula is C36H63NO11Si3. The van der Waals surface area contributed by atoms with Gasteiger partial charge in [0, 0.05) is 12.1 Å². The van der Waals surface area contributed by atoms with Crippen molar-refractivity contribution in [2.24, 2.45) is 0 Å². The standard InChI is InChI=1S/C36H63NO11Si3/c1-17-20-41-31(38)29-27(46-49(11,12)34(2,3)4)28(47-50(13,14)35(5,6)7)30(48-51(15,16)36(8,9)10)33(45-29)44-26-19-18-24(37(39)40)23-25(26)32-42-21-22-43-32/h17-19,23,27-30,32-33H,1,20-22H2,2-16H3/t27-,28+,29-,30-,33-/m1/s1. The summed E-state index contributed by atoms with van der Waals surface area (Å²) >= 11 is 0. The van der Waals surface area contributed by atoms with Gasteiger partial charge in [-0.05, 0) is 60.5 Å². The molecule has 12 nitrogen and oxygen atoms in total. The number of ether oxygens (including phenoxy) is 5. The fraction of sp³-hybridized carbons (Fsp3) is 0.750. The van der Waals surface area contributed by atoms with Gasteiger partial charge in [-0.3, -0.25) is 10.1 Å². The first kappa shape index (κ1) is 43.4. The summed E-state index contributed by atoms with van der Waals surface area (Å²) in [5.74, 6) is -0.414. The van der Waals surface area contributed by atoms with Crippen LogP contribution < -0.4 is 4.74 Å². The Morgan fingerprint density at radius 2 is 1.31 bits per heavy atom. The highest BCUT2D eigenvalue weighted by Crippen LogP contribution is 2.47. The number of nitro groups is 1. The molecule has 0 aliphatic carbocycles. The number of benzene rings is 1. The van der Waals surface area contributed by atoms with Crippen LogP contribution >= 0.6 is 0 Å². The van der Waals surface area contributed by atoms with E-state index in [4.69, 9.17) is 37.0 Å². The fourth-order valence-electron chi connectivity index (χ4n) is 4.86. The molecule has 0 aromatic heterocycles. The molecule has 0 amide bonds. The second-order valence-corrected chi connectivity index (χ2v) is 32.3. The highest BCUT2D eigenvalue weighted by molar-refractivity contribution is 6.75. The van der Waals surface area contributed by atoms with Crippen LogP contribution in [0.3, 0.4) is 0 Å². The van der Waals surface area contributed by atoms with Crippen molar-refractivity contribution in [2.45, 2.75) is 154 Å². The van der Waals surface area contributed by atoms with Crippen LogP contribution in [0.2, 0.25) is 54.4 Å². The van der Waals surface area contributed by atoms with E-state index in [1.165, 1.54) is 24.3 Å². The average molecular weight is 770 g/mol. The molecule has 51 heavy (non-hydrogen) atoms. The van der Waals surface area contributed by atoms with Crippen molar-refractivity contribution in [1.82, 2.24) is 0 Å². The summed E-state index contributed by atoms with van der Waals surface area (Å²) in [5.41, 5.74) is 0.173. The summed E-state index contributed by atoms with van der Waals surface area (Å²) in [4.78, 5) is 25.4. The van der Waals surface area contributed by atoms with Gasteiger partial charge in [0.05, 0.1) is 23.7 Å². The third kappa shape index (κ3) is 10.2. The largest absolute Gasteiger partial charge is 0.462 e. The smallest absolute Gasteiger partial charge is 0.338 e. The van der Waals surface area contributed by atoms with E-state index in [1.54, 1.807) is 0 Å². The van der Waals surface area contributed by atoms with E-state index in [0.717, 1.165) is 0 Å². The van der Waals surface area contributed by atoms with Crippen LogP contribution in [0.25, 0.3) is 0 Å². The Kier molecular flexibility index (Phi) is 13.5. The molecule has 2 saturated heterocycles. The highest BCUT2D eigenvalue weighted by Gasteiger charge is 2.59. The van der Waals surface area contributed by atoms with E-state index in [1.807, 2.05) is 0 Å². The van der Waals surface area contributed by atoms with Gasteiger partial charge in [-0.25, -0.2) is 4.79 Å². The Morgan fingerprint density at radius 1 is 0.843 bits per heavy atom. The molecule has 0 N–H and O–H groups in total. The van der Waals surface area contributed by atoms with E-state index in [0.29, 0.717) is 18.8 Å². The van der Waals surface area contributed by atoms with Crippen molar-refractivity contribution >= 4 is 36.6 Å². The molecule has 3 rings (SSSR count). The molecule has 15 heteroatoms. The molecule has 5 atom stereocenters. The lowest BCUT2D eigenvalue weighted by Gasteiger charge is -2.53. The predicted octanol–water partition coefficient (Wildman–Crippen LogP) is 8.64. The third-order valence-corrected chi connectivity index (χ3v) is 24.5. The highest BCUT2D eigenvalue weighted by atomic mass is 28.4. The molecule has 0 bridgehead atoms. The number of hydrogen-bond acceptors (Lipinski definition) is 11. The summed E-state index contributed by atoms with van der Waals surface area (Å²) in [6.07, 6.45) is -4.51. The van der Waals surface area contributed by atoms with Crippen molar-refractivity contribution in [3.05, 3.63) is 46.5 Å². The van der Waals surface area contributed by atoms with Crippen LogP contribution in [0, 0.1) is 10.1 Å². The van der Waals surface area contributed by atoms with Crippen molar-refractivity contribution < 1.29 is 46.7 Å². The predicted molar refractivity (Wildman–Crippen MR) is 204 cm³/mol. The summed E-state index contributed by atoms with van der Waals surface area (Å²) in [5, 5.41) is 11.2. The minimum Gasteiger partial charge on any atom is -0.462 e. The number of nitro benzene ring substituents is 1. The number of carbonyl (C=O) groups is 1. The zero-order chi connectivity index (χ0) is 39.0. The molecule has 1 aromatic rings. The molecule has 0 radical (unpaired) electrons. The lowest BCUT2D eigenvalue weighted by molar-refractivity contribution is -0.385. The van der Waals surface area contributed by atoms with E-state index in [2.05, 4.69) is 108 Å². The average Bonchev–Trinajstić information content (AvgIpc) is 3.51. The van der Waals surface area contributed by atoms with Crippen LogP contribution in [0.15, 0.2) is 30.9 Å². The van der Waals surface area contributed by atoms with Gasteiger partial charge in [0.2, 0.25) is 6.29 Å². The summed E-state index contributed by atoms with van der Waals surface area (Å²) in [7, 11) is -7.81. The molecule has 290 valence electrons. The maximum Gasteiger partial charge on any atom is 0.338 e. The van der Waals surface area contributed by atoms with Crippen LogP contribution in [0.1, 0.15) is 74.2 Å². The molecule has 0 saturated carbocycles. The number of non-ortho nitro benzene ring substituents is 1. The van der Waals surface area contributed by atoms with Gasteiger partial charge in [-0.15, -0.1) is 0 Å². The van der Waals surface area contributed by atoms with E-state index >= 15 is 0 Å². The number of rotatable bonds is 13. The zero-order valence-corrected chi connectivity index (χ0v) is 36.5. The Labute approximate surface area is 308 Å². The molecule has 2 fully saturated rings. The zero-order valence-electron chi connectivity index (χ0n) is 33.5. The van der Waals surface area contributed by atoms with Crippen molar-refractivity contribution in [2.75, 3.05) is 19.8 Å². The number of carbonyl (C=O) groups excluding carboxylic acids is 1. The quantitative estimate of drug-likeness (QED) is 0.0628. The van der Waals surface area contributed by atoms with Gasteiger partial charge in [-0.2, -0.15) is 0 Å². The molecular weight excluding hydrogens is 707 g/mol. The van der Waals surface area contributed by atoms with Crippen LogP contribution in [-0.4, -0.2) is 86.4 Å². The van der Waals surface area contributed by atoms with Crippen LogP contribution in [-0.2, 0) is 37.0 Å². The molecule has 2 aliphatic heterocycles. The minimum absolute atomic E-state index is 0.0302. The summed E-state index contributed by atoms with van der Waals surface area (Å²) < 4.78 is 52.4. The minimum atomic E-state index is -2.61. The Morgan fingerprint density at radius 3 is 1.76 bits per heavy atom. The molecule has 2 aliphatic rings. The maximum atomic E-state index is 14.0. The first-order chi connectivity index (χ1) is 23.1. The van der Waals surface area contributed by atoms with Gasteiger partial charge < -0.3 is 37.0 Å². The lowest BCUT2D eigenvalue weighted by Crippen LogP contribution is -2.69. The first-order valence-electron chi connectivity index (χ1n) is 17.8. The third-order valence-electron chi connectivity index (χ3n) is 11.1. The van der Waals surface area contributed by atoms with Gasteiger partial charge in [0.1, 0.15) is 30.7 Å². The van der Waals surface area contributed by atoms with Crippen molar-refractivity contribution in [1.29, 1.82) is 0 Å².